The smallest absolute Gasteiger partial charge is 0.244 e. The number of benzene rings is 2. The van der Waals surface area contributed by atoms with Crippen LogP contribution in [0.3, 0.4) is 0 Å². The molecule has 30 heavy (non-hydrogen) atoms. The molecule has 1 N–H and O–H groups in total. The lowest BCUT2D eigenvalue weighted by Gasteiger charge is -2.32. The molecule has 0 aliphatic rings. The first-order chi connectivity index (χ1) is 14.0. The largest absolute Gasteiger partial charge is 0.347 e. The molecular formula is C24H34N2O3S. The van der Waals surface area contributed by atoms with Crippen LogP contribution in [0.1, 0.15) is 60.5 Å². The van der Waals surface area contributed by atoms with Gasteiger partial charge in [0, 0.05) is 0 Å². The molecule has 2 atom stereocenters. The lowest BCUT2D eigenvalue weighted by atomic mass is 9.99. The Balaban J connectivity index is 2.42. The lowest BCUT2D eigenvalue weighted by Crippen LogP contribution is -2.50. The highest BCUT2D eigenvalue weighted by Crippen LogP contribution is 2.28. The van der Waals surface area contributed by atoms with Crippen LogP contribution in [0.15, 0.2) is 36.4 Å². The summed E-state index contributed by atoms with van der Waals surface area (Å²) >= 11 is 0. The van der Waals surface area contributed by atoms with E-state index in [1.165, 1.54) is 15.4 Å². The number of carbonyl (C=O) groups excluding carboxylic acids is 1. The topological polar surface area (TPSA) is 66.5 Å². The Bertz CT molecular complexity index is 1020. The molecule has 164 valence electrons. The summed E-state index contributed by atoms with van der Waals surface area (Å²) in [5.41, 5.74) is 5.71. The number of nitrogens with one attached hydrogen (secondary N) is 1. The fraction of sp³-hybridized carbons (Fsp3) is 0.458. The van der Waals surface area contributed by atoms with Crippen molar-refractivity contribution in [3.8, 4) is 0 Å². The van der Waals surface area contributed by atoms with Crippen LogP contribution in [0, 0.1) is 27.7 Å². The number of aryl methyl sites for hydroxylation is 4. The average Bonchev–Trinajstić information content (AvgIpc) is 2.67. The summed E-state index contributed by atoms with van der Waals surface area (Å²) < 4.78 is 26.8. The maximum atomic E-state index is 13.3. The molecule has 1 amide bonds. The van der Waals surface area contributed by atoms with E-state index in [1.54, 1.807) is 0 Å². The Kier molecular flexibility index (Phi) is 7.70. The molecule has 2 rings (SSSR count). The van der Waals surface area contributed by atoms with Gasteiger partial charge in [-0.25, -0.2) is 8.42 Å². The fourth-order valence-electron chi connectivity index (χ4n) is 3.66. The van der Waals surface area contributed by atoms with E-state index in [1.807, 2.05) is 58.9 Å². The van der Waals surface area contributed by atoms with Crippen LogP contribution in [-0.4, -0.2) is 26.6 Å². The molecule has 2 aromatic carbocycles. The minimum Gasteiger partial charge on any atom is -0.347 e. The number of carbonyl (C=O) groups is 1. The maximum absolute atomic E-state index is 13.3. The number of hydrogen-bond acceptors (Lipinski definition) is 3. The zero-order valence-corrected chi connectivity index (χ0v) is 19.9. The van der Waals surface area contributed by atoms with Gasteiger partial charge in [0.25, 0.3) is 0 Å². The highest BCUT2D eigenvalue weighted by atomic mass is 32.2. The molecule has 0 radical (unpaired) electrons. The highest BCUT2D eigenvalue weighted by Gasteiger charge is 2.33. The van der Waals surface area contributed by atoms with E-state index in [9.17, 15) is 13.2 Å². The predicted octanol–water partition coefficient (Wildman–Crippen LogP) is 4.73. The summed E-state index contributed by atoms with van der Waals surface area (Å²) in [6.45, 7) is 11.7. The molecule has 2 aromatic rings. The average molecular weight is 431 g/mol. The van der Waals surface area contributed by atoms with E-state index < -0.39 is 16.1 Å². The Morgan fingerprint density at radius 3 is 2.10 bits per heavy atom. The van der Waals surface area contributed by atoms with Crippen molar-refractivity contribution in [2.45, 2.75) is 66.5 Å². The van der Waals surface area contributed by atoms with Crippen LogP contribution in [-0.2, 0) is 14.8 Å². The summed E-state index contributed by atoms with van der Waals surface area (Å²) in [6.07, 6.45) is 2.24. The first-order valence-corrected chi connectivity index (χ1v) is 12.3. The minimum absolute atomic E-state index is 0.175. The second-order valence-corrected chi connectivity index (χ2v) is 9.95. The Labute approximate surface area is 181 Å². The molecule has 0 bridgehead atoms. The molecule has 0 aromatic heterocycles. The second-order valence-electron chi connectivity index (χ2n) is 8.09. The Morgan fingerprint density at radius 2 is 1.57 bits per heavy atom. The van der Waals surface area contributed by atoms with E-state index in [-0.39, 0.29) is 11.9 Å². The minimum atomic E-state index is -3.66. The zero-order chi connectivity index (χ0) is 22.6. The van der Waals surface area contributed by atoms with Crippen molar-refractivity contribution in [1.29, 1.82) is 0 Å². The molecule has 6 heteroatoms. The summed E-state index contributed by atoms with van der Waals surface area (Å²) in [5.74, 6) is -0.283. The summed E-state index contributed by atoms with van der Waals surface area (Å²) in [6, 6.07) is 10.8. The van der Waals surface area contributed by atoms with E-state index >= 15 is 0 Å². The molecule has 0 aliphatic carbocycles. The third kappa shape index (κ3) is 5.42. The van der Waals surface area contributed by atoms with Crippen LogP contribution < -0.4 is 9.62 Å². The quantitative estimate of drug-likeness (QED) is 0.658. The molecule has 0 spiro atoms. The number of nitrogens with zero attached hydrogens (tertiary/aromatic N) is 1. The van der Waals surface area contributed by atoms with E-state index in [0.717, 1.165) is 22.9 Å². The predicted molar refractivity (Wildman–Crippen MR) is 124 cm³/mol. The standard InChI is InChI=1S/C24H34N2O3S/c1-8-21(20-13-12-17(4)19(6)15-20)25-24(27)22(9-2)26(30(7,28)29)23-14-16(3)10-11-18(23)5/h10-15,21-22H,8-9H2,1-7H3,(H,25,27)/t21-,22-/m0/s1. The van der Waals surface area contributed by atoms with Crippen LogP contribution >= 0.6 is 0 Å². The normalized spacial score (nSPS) is 13.6. The fourth-order valence-corrected chi connectivity index (χ4v) is 4.92. The van der Waals surface area contributed by atoms with Gasteiger partial charge in [-0.2, -0.15) is 0 Å². The van der Waals surface area contributed by atoms with Crippen LogP contribution in [0.5, 0.6) is 0 Å². The molecule has 0 fully saturated rings. The van der Waals surface area contributed by atoms with Gasteiger partial charge in [-0.15, -0.1) is 0 Å². The SMILES string of the molecule is CC[C@H](NC(=O)[C@H](CC)N(c1cc(C)ccc1C)S(C)(=O)=O)c1ccc(C)c(C)c1. The second kappa shape index (κ2) is 9.65. The Hall–Kier alpha value is -2.34. The first-order valence-electron chi connectivity index (χ1n) is 10.4. The van der Waals surface area contributed by atoms with Crippen molar-refractivity contribution in [2.75, 3.05) is 10.6 Å². The lowest BCUT2D eigenvalue weighted by molar-refractivity contribution is -0.123. The van der Waals surface area contributed by atoms with Crippen molar-refractivity contribution in [3.63, 3.8) is 0 Å². The number of rotatable bonds is 8. The van der Waals surface area contributed by atoms with Gasteiger partial charge >= 0.3 is 0 Å². The van der Waals surface area contributed by atoms with Crippen molar-refractivity contribution >= 4 is 21.6 Å². The van der Waals surface area contributed by atoms with Gasteiger partial charge in [0.1, 0.15) is 6.04 Å². The summed E-state index contributed by atoms with van der Waals surface area (Å²) in [4.78, 5) is 13.3. The monoisotopic (exact) mass is 430 g/mol. The third-order valence-corrected chi connectivity index (χ3v) is 6.76. The first kappa shape index (κ1) is 23.9. The van der Waals surface area contributed by atoms with Crippen molar-refractivity contribution in [1.82, 2.24) is 5.32 Å². The van der Waals surface area contributed by atoms with Gasteiger partial charge in [-0.3, -0.25) is 9.10 Å². The zero-order valence-electron chi connectivity index (χ0n) is 19.1. The van der Waals surface area contributed by atoms with Gasteiger partial charge in [0.05, 0.1) is 18.0 Å². The molecule has 5 nitrogen and oxygen atoms in total. The van der Waals surface area contributed by atoms with Crippen molar-refractivity contribution < 1.29 is 13.2 Å². The van der Waals surface area contributed by atoms with Crippen LogP contribution in [0.2, 0.25) is 0 Å². The summed E-state index contributed by atoms with van der Waals surface area (Å²) in [5, 5.41) is 3.09. The Morgan fingerprint density at radius 1 is 0.933 bits per heavy atom. The highest BCUT2D eigenvalue weighted by molar-refractivity contribution is 7.92. The van der Waals surface area contributed by atoms with Gasteiger partial charge in [0.2, 0.25) is 15.9 Å². The van der Waals surface area contributed by atoms with Gasteiger partial charge < -0.3 is 5.32 Å². The van der Waals surface area contributed by atoms with Gasteiger partial charge in [-0.05, 0) is 74.4 Å². The van der Waals surface area contributed by atoms with Crippen LogP contribution in [0.4, 0.5) is 5.69 Å². The van der Waals surface area contributed by atoms with Gasteiger partial charge in [-0.1, -0.05) is 44.2 Å². The summed E-state index contributed by atoms with van der Waals surface area (Å²) in [7, 11) is -3.66. The number of sulfonamides is 1. The number of amides is 1. The number of hydrogen-bond donors (Lipinski definition) is 1. The van der Waals surface area contributed by atoms with Crippen molar-refractivity contribution in [2.24, 2.45) is 0 Å². The van der Waals surface area contributed by atoms with E-state index in [4.69, 9.17) is 0 Å². The molecular weight excluding hydrogens is 396 g/mol. The van der Waals surface area contributed by atoms with E-state index in [0.29, 0.717) is 18.5 Å². The molecule has 0 aliphatic heterocycles. The third-order valence-electron chi connectivity index (χ3n) is 5.59. The number of anilines is 1. The molecule has 0 unspecified atom stereocenters. The molecule has 0 saturated heterocycles. The van der Waals surface area contributed by atoms with Crippen LogP contribution in [0.25, 0.3) is 0 Å². The van der Waals surface area contributed by atoms with E-state index in [2.05, 4.69) is 24.4 Å². The molecule has 0 heterocycles. The molecule has 0 saturated carbocycles. The van der Waals surface area contributed by atoms with Gasteiger partial charge in [0.15, 0.2) is 0 Å². The maximum Gasteiger partial charge on any atom is 0.244 e. The van der Waals surface area contributed by atoms with Crippen molar-refractivity contribution in [3.05, 3.63) is 64.2 Å².